The highest BCUT2D eigenvalue weighted by atomic mass is 16.5. The van der Waals surface area contributed by atoms with E-state index < -0.39 is 0 Å². The van der Waals surface area contributed by atoms with E-state index >= 15 is 0 Å². The Morgan fingerprint density at radius 3 is 2.95 bits per heavy atom. The molecule has 2 aromatic rings. The van der Waals surface area contributed by atoms with E-state index in [4.69, 9.17) is 4.74 Å². The van der Waals surface area contributed by atoms with E-state index in [0.29, 0.717) is 6.61 Å². The Labute approximate surface area is 112 Å². The number of nitrogens with one attached hydrogen (secondary N) is 1. The first-order chi connectivity index (χ1) is 9.19. The summed E-state index contributed by atoms with van der Waals surface area (Å²) in [7, 11) is 3.73. The minimum absolute atomic E-state index is 0.660. The maximum atomic E-state index is 5.07. The third kappa shape index (κ3) is 3.87. The van der Waals surface area contributed by atoms with Gasteiger partial charge in [0.2, 0.25) is 0 Å². The summed E-state index contributed by atoms with van der Waals surface area (Å²) in [6.45, 7) is 4.94. The minimum Gasteiger partial charge on any atom is -0.383 e. The van der Waals surface area contributed by atoms with Crippen LogP contribution < -0.4 is 0 Å². The van der Waals surface area contributed by atoms with E-state index in [-0.39, 0.29) is 0 Å². The Morgan fingerprint density at radius 2 is 2.26 bits per heavy atom. The van der Waals surface area contributed by atoms with Gasteiger partial charge in [-0.2, -0.15) is 5.10 Å². The first-order valence-electron chi connectivity index (χ1n) is 6.24. The molecule has 0 spiro atoms. The summed E-state index contributed by atoms with van der Waals surface area (Å²) in [6, 6.07) is 2.05. The van der Waals surface area contributed by atoms with Gasteiger partial charge < -0.3 is 9.30 Å². The highest BCUT2D eigenvalue weighted by Crippen LogP contribution is 2.05. The van der Waals surface area contributed by atoms with Crippen LogP contribution in [0.3, 0.4) is 0 Å². The molecule has 19 heavy (non-hydrogen) atoms. The zero-order chi connectivity index (χ0) is 13.7. The van der Waals surface area contributed by atoms with Gasteiger partial charge in [-0.15, -0.1) is 10.2 Å². The lowest BCUT2D eigenvalue weighted by Gasteiger charge is -2.15. The van der Waals surface area contributed by atoms with E-state index in [2.05, 4.69) is 25.3 Å². The molecule has 0 amide bonds. The molecule has 0 atom stereocenters. The van der Waals surface area contributed by atoms with Gasteiger partial charge in [-0.25, -0.2) is 0 Å². The Bertz CT molecular complexity index is 506. The highest BCUT2D eigenvalue weighted by Gasteiger charge is 2.09. The molecule has 0 unspecified atom stereocenters. The average Bonchev–Trinajstić information content (AvgIpc) is 2.96. The van der Waals surface area contributed by atoms with Gasteiger partial charge in [0.1, 0.15) is 12.2 Å². The summed E-state index contributed by atoms with van der Waals surface area (Å²) in [6.07, 6.45) is 1.74. The van der Waals surface area contributed by atoms with Crippen LogP contribution in [-0.4, -0.2) is 50.6 Å². The second kappa shape index (κ2) is 6.44. The van der Waals surface area contributed by atoms with Crippen molar-refractivity contribution >= 4 is 0 Å². The Hall–Kier alpha value is -1.73. The molecule has 0 fully saturated rings. The molecule has 7 nitrogen and oxygen atoms in total. The molecular formula is C12H20N6O. The zero-order valence-corrected chi connectivity index (χ0v) is 11.6. The van der Waals surface area contributed by atoms with Gasteiger partial charge in [-0.05, 0) is 20.0 Å². The fraction of sp³-hybridized carbons (Fsp3) is 0.583. The monoisotopic (exact) mass is 264 g/mol. The summed E-state index contributed by atoms with van der Waals surface area (Å²) in [5.41, 5.74) is 2.11. The number of ether oxygens (including phenoxy) is 1. The lowest BCUT2D eigenvalue weighted by molar-refractivity contribution is 0.184. The summed E-state index contributed by atoms with van der Waals surface area (Å²) >= 11 is 0. The molecule has 104 valence electrons. The Morgan fingerprint density at radius 1 is 1.42 bits per heavy atom. The average molecular weight is 264 g/mol. The smallest absolute Gasteiger partial charge is 0.147 e. The molecule has 2 rings (SSSR count). The quantitative estimate of drug-likeness (QED) is 0.792. The van der Waals surface area contributed by atoms with Crippen molar-refractivity contribution in [3.8, 4) is 0 Å². The molecule has 0 aliphatic carbocycles. The van der Waals surface area contributed by atoms with Gasteiger partial charge in [0, 0.05) is 25.9 Å². The minimum atomic E-state index is 0.660. The molecule has 1 N–H and O–H groups in total. The number of hydrogen-bond acceptors (Lipinski definition) is 5. The second-order valence-electron chi connectivity index (χ2n) is 4.65. The normalized spacial score (nSPS) is 11.4. The largest absolute Gasteiger partial charge is 0.383 e. The molecule has 0 bridgehead atoms. The highest BCUT2D eigenvalue weighted by molar-refractivity contribution is 5.06. The van der Waals surface area contributed by atoms with Crippen LogP contribution in [0, 0.1) is 6.92 Å². The third-order valence-corrected chi connectivity index (χ3v) is 2.83. The van der Waals surface area contributed by atoms with Crippen molar-refractivity contribution in [3.05, 3.63) is 29.6 Å². The van der Waals surface area contributed by atoms with Crippen LogP contribution in [0.4, 0.5) is 0 Å². The number of aromatic amines is 1. The molecule has 0 aliphatic rings. The molecule has 2 aromatic heterocycles. The number of methoxy groups -OCH3 is 1. The Balaban J connectivity index is 1.91. The lowest BCUT2D eigenvalue weighted by atomic mass is 10.3. The molecule has 0 saturated carbocycles. The molecule has 0 radical (unpaired) electrons. The predicted octanol–water partition coefficient (Wildman–Crippen LogP) is 0.588. The second-order valence-corrected chi connectivity index (χ2v) is 4.65. The Kier molecular flexibility index (Phi) is 4.64. The van der Waals surface area contributed by atoms with Crippen LogP contribution in [0.15, 0.2) is 12.4 Å². The maximum absolute atomic E-state index is 5.07. The number of aryl methyl sites for hydroxylation is 1. The van der Waals surface area contributed by atoms with E-state index in [0.717, 1.165) is 36.8 Å². The van der Waals surface area contributed by atoms with Crippen molar-refractivity contribution < 1.29 is 4.74 Å². The molecular weight excluding hydrogens is 244 g/mol. The van der Waals surface area contributed by atoms with Gasteiger partial charge in [0.25, 0.3) is 0 Å². The first kappa shape index (κ1) is 13.7. The number of nitrogens with zero attached hydrogens (tertiary/aromatic N) is 5. The van der Waals surface area contributed by atoms with Crippen molar-refractivity contribution in [3.63, 3.8) is 0 Å². The van der Waals surface area contributed by atoms with Gasteiger partial charge in [-0.3, -0.25) is 10.00 Å². The summed E-state index contributed by atoms with van der Waals surface area (Å²) < 4.78 is 7.08. The van der Waals surface area contributed by atoms with E-state index in [9.17, 15) is 0 Å². The van der Waals surface area contributed by atoms with E-state index in [1.807, 2.05) is 24.6 Å². The maximum Gasteiger partial charge on any atom is 0.147 e. The van der Waals surface area contributed by atoms with E-state index in [1.54, 1.807) is 13.4 Å². The molecule has 7 heteroatoms. The molecule has 0 aliphatic heterocycles. The number of aromatic nitrogens is 5. The van der Waals surface area contributed by atoms with Gasteiger partial charge in [0.05, 0.1) is 18.8 Å². The zero-order valence-electron chi connectivity index (χ0n) is 11.6. The molecule has 0 aromatic carbocycles. The van der Waals surface area contributed by atoms with Crippen LogP contribution in [-0.2, 0) is 24.4 Å². The van der Waals surface area contributed by atoms with Crippen molar-refractivity contribution in [2.45, 2.75) is 26.6 Å². The van der Waals surface area contributed by atoms with Gasteiger partial charge in [0.15, 0.2) is 0 Å². The fourth-order valence-electron chi connectivity index (χ4n) is 1.91. The van der Waals surface area contributed by atoms with Crippen LogP contribution >= 0.6 is 0 Å². The summed E-state index contributed by atoms with van der Waals surface area (Å²) in [5.74, 6) is 0.937. The standard InChI is InChI=1S/C12H20N6O/c1-10-6-11(15-14-10)7-17(2)8-12-16-13-9-18(12)4-5-19-3/h6,9H,4-5,7-8H2,1-3H3,(H,14,15). The van der Waals surface area contributed by atoms with E-state index in [1.165, 1.54) is 0 Å². The van der Waals surface area contributed by atoms with Gasteiger partial charge >= 0.3 is 0 Å². The first-order valence-corrected chi connectivity index (χ1v) is 6.24. The van der Waals surface area contributed by atoms with Crippen molar-refractivity contribution in [1.82, 2.24) is 29.9 Å². The van der Waals surface area contributed by atoms with Crippen LogP contribution in [0.2, 0.25) is 0 Å². The number of hydrogen-bond donors (Lipinski definition) is 1. The van der Waals surface area contributed by atoms with Crippen molar-refractivity contribution in [1.29, 1.82) is 0 Å². The number of rotatable bonds is 7. The summed E-state index contributed by atoms with van der Waals surface area (Å²) in [5, 5.41) is 15.3. The topological polar surface area (TPSA) is 71.9 Å². The third-order valence-electron chi connectivity index (χ3n) is 2.83. The van der Waals surface area contributed by atoms with Gasteiger partial charge in [-0.1, -0.05) is 0 Å². The predicted molar refractivity (Wildman–Crippen MR) is 70.4 cm³/mol. The SMILES string of the molecule is COCCn1cnnc1CN(C)Cc1cc(C)[nH]n1. The fourth-order valence-corrected chi connectivity index (χ4v) is 1.91. The molecule has 0 saturated heterocycles. The number of H-pyrrole nitrogens is 1. The molecule has 2 heterocycles. The lowest BCUT2D eigenvalue weighted by Crippen LogP contribution is -2.21. The van der Waals surface area contributed by atoms with Crippen LogP contribution in [0.5, 0.6) is 0 Å². The van der Waals surface area contributed by atoms with Crippen molar-refractivity contribution in [2.75, 3.05) is 20.8 Å². The van der Waals surface area contributed by atoms with Crippen LogP contribution in [0.25, 0.3) is 0 Å². The van der Waals surface area contributed by atoms with Crippen LogP contribution in [0.1, 0.15) is 17.2 Å². The summed E-state index contributed by atoms with van der Waals surface area (Å²) in [4.78, 5) is 2.16. The van der Waals surface area contributed by atoms with Crippen molar-refractivity contribution in [2.24, 2.45) is 0 Å².